The number of carbonyl (C=O) groups excluding carboxylic acids is 1. The third-order valence-corrected chi connectivity index (χ3v) is 1.83. The van der Waals surface area contributed by atoms with E-state index in [1.54, 1.807) is 0 Å². The molecular weight excluding hydrogens is 203 g/mol. The fourth-order valence-electron chi connectivity index (χ4n) is 1.18. The van der Waals surface area contributed by atoms with Crippen molar-refractivity contribution in [2.24, 2.45) is 4.99 Å². The highest BCUT2D eigenvalue weighted by Crippen LogP contribution is 2.21. The first-order valence-corrected chi connectivity index (χ1v) is 4.12. The van der Waals surface area contributed by atoms with Crippen LogP contribution >= 0.6 is 0 Å². The van der Waals surface area contributed by atoms with Crippen molar-refractivity contribution in [3.63, 3.8) is 0 Å². The Morgan fingerprint density at radius 1 is 1.53 bits per heavy atom. The molecule has 1 aromatic rings. The minimum Gasteiger partial charge on any atom is -0.258 e. The van der Waals surface area contributed by atoms with Gasteiger partial charge in [0.05, 0.1) is 17.0 Å². The number of nitrogens with zero attached hydrogens (tertiary/aromatic N) is 2. The molecule has 0 spiro atoms. The van der Waals surface area contributed by atoms with Crippen molar-refractivity contribution in [2.75, 3.05) is 6.54 Å². The molecule has 0 saturated carbocycles. The van der Waals surface area contributed by atoms with E-state index in [-0.39, 0.29) is 24.2 Å². The summed E-state index contributed by atoms with van der Waals surface area (Å²) in [5.41, 5.74) is -0.336. The fraction of sp³-hybridized carbons (Fsp3) is 0.222. The third-order valence-electron chi connectivity index (χ3n) is 1.83. The molecule has 0 fully saturated rings. The van der Waals surface area contributed by atoms with E-state index < -0.39 is 10.7 Å². The van der Waals surface area contributed by atoms with Crippen molar-refractivity contribution in [1.29, 1.82) is 0 Å². The summed E-state index contributed by atoms with van der Waals surface area (Å²) >= 11 is 0. The van der Waals surface area contributed by atoms with Crippen molar-refractivity contribution < 1.29 is 14.1 Å². The lowest BCUT2D eigenvalue weighted by Gasteiger charge is -2.01. The SMILES string of the molecule is O=C=NCCc1c(F)cccc1[N+](=O)[O-]. The van der Waals surface area contributed by atoms with Crippen molar-refractivity contribution in [2.45, 2.75) is 6.42 Å². The molecule has 0 bridgehead atoms. The summed E-state index contributed by atoms with van der Waals surface area (Å²) in [5.74, 6) is -0.662. The first kappa shape index (κ1) is 11.0. The van der Waals surface area contributed by atoms with Gasteiger partial charge in [0, 0.05) is 12.5 Å². The smallest absolute Gasteiger partial charge is 0.258 e. The molecule has 0 aliphatic carbocycles. The van der Waals surface area contributed by atoms with Gasteiger partial charge in [-0.2, -0.15) is 0 Å². The van der Waals surface area contributed by atoms with Gasteiger partial charge in [-0.25, -0.2) is 14.2 Å². The zero-order chi connectivity index (χ0) is 11.3. The lowest BCUT2D eigenvalue weighted by molar-refractivity contribution is -0.385. The van der Waals surface area contributed by atoms with Gasteiger partial charge < -0.3 is 0 Å². The highest BCUT2D eigenvalue weighted by molar-refractivity contribution is 5.41. The second kappa shape index (κ2) is 4.97. The van der Waals surface area contributed by atoms with Crippen LogP contribution in [0.4, 0.5) is 10.1 Å². The van der Waals surface area contributed by atoms with Crippen LogP contribution < -0.4 is 0 Å². The molecule has 1 aromatic carbocycles. The van der Waals surface area contributed by atoms with Gasteiger partial charge in [-0.05, 0) is 6.07 Å². The van der Waals surface area contributed by atoms with E-state index in [4.69, 9.17) is 0 Å². The number of benzene rings is 1. The number of isocyanates is 1. The van der Waals surface area contributed by atoms with Crippen LogP contribution in [0.1, 0.15) is 5.56 Å². The molecule has 0 amide bonds. The quantitative estimate of drug-likeness (QED) is 0.328. The predicted octanol–water partition coefficient (Wildman–Crippen LogP) is 1.61. The first-order valence-electron chi connectivity index (χ1n) is 4.12. The number of hydrogen-bond donors (Lipinski definition) is 0. The van der Waals surface area contributed by atoms with E-state index in [1.165, 1.54) is 18.2 Å². The van der Waals surface area contributed by atoms with Gasteiger partial charge in [0.2, 0.25) is 6.08 Å². The van der Waals surface area contributed by atoms with E-state index in [2.05, 4.69) is 4.99 Å². The topological polar surface area (TPSA) is 72.6 Å². The Hall–Kier alpha value is -2.07. The zero-order valence-electron chi connectivity index (χ0n) is 7.64. The van der Waals surface area contributed by atoms with Gasteiger partial charge >= 0.3 is 0 Å². The molecular formula is C9H7FN2O3. The average molecular weight is 210 g/mol. The summed E-state index contributed by atoms with van der Waals surface area (Å²) in [6.07, 6.45) is 1.30. The molecule has 0 heterocycles. The summed E-state index contributed by atoms with van der Waals surface area (Å²) in [4.78, 5) is 22.9. The van der Waals surface area contributed by atoms with Crippen molar-refractivity contribution in [3.05, 3.63) is 39.7 Å². The Morgan fingerprint density at radius 2 is 2.27 bits per heavy atom. The minimum atomic E-state index is -0.664. The molecule has 0 aliphatic rings. The maximum absolute atomic E-state index is 13.2. The zero-order valence-corrected chi connectivity index (χ0v) is 7.64. The van der Waals surface area contributed by atoms with Crippen LogP contribution in [0, 0.1) is 15.9 Å². The van der Waals surface area contributed by atoms with Gasteiger partial charge in [-0.3, -0.25) is 10.1 Å². The number of nitro benzene ring substituents is 1. The van der Waals surface area contributed by atoms with Crippen molar-refractivity contribution in [3.8, 4) is 0 Å². The molecule has 0 saturated heterocycles. The van der Waals surface area contributed by atoms with Crippen molar-refractivity contribution in [1.82, 2.24) is 0 Å². The molecule has 6 heteroatoms. The van der Waals surface area contributed by atoms with Crippen LogP contribution in [0.15, 0.2) is 23.2 Å². The van der Waals surface area contributed by atoms with E-state index >= 15 is 0 Å². The van der Waals surface area contributed by atoms with Crippen LogP contribution in [0.5, 0.6) is 0 Å². The van der Waals surface area contributed by atoms with Gasteiger partial charge in [0.25, 0.3) is 5.69 Å². The largest absolute Gasteiger partial charge is 0.275 e. The average Bonchev–Trinajstić information content (AvgIpc) is 2.20. The molecule has 0 radical (unpaired) electrons. The van der Waals surface area contributed by atoms with Crippen LogP contribution in [-0.2, 0) is 11.2 Å². The van der Waals surface area contributed by atoms with Crippen LogP contribution in [0.3, 0.4) is 0 Å². The summed E-state index contributed by atoms with van der Waals surface area (Å²) in [6, 6.07) is 3.61. The molecule has 1 rings (SSSR count). The second-order valence-electron chi connectivity index (χ2n) is 2.72. The Labute approximate surface area is 84.4 Å². The second-order valence-corrected chi connectivity index (χ2v) is 2.72. The van der Waals surface area contributed by atoms with E-state index in [0.29, 0.717) is 0 Å². The number of nitro groups is 1. The number of halogens is 1. The lowest BCUT2D eigenvalue weighted by Crippen LogP contribution is -2.00. The van der Waals surface area contributed by atoms with E-state index in [0.717, 1.165) is 6.07 Å². The molecule has 0 unspecified atom stereocenters. The summed E-state index contributed by atoms with van der Waals surface area (Å²) in [6.45, 7) is -0.00866. The summed E-state index contributed by atoms with van der Waals surface area (Å²) in [7, 11) is 0. The molecule has 78 valence electrons. The predicted molar refractivity (Wildman–Crippen MR) is 49.7 cm³/mol. The minimum absolute atomic E-state index is 0.00866. The number of rotatable bonds is 4. The summed E-state index contributed by atoms with van der Waals surface area (Å²) < 4.78 is 13.2. The highest BCUT2D eigenvalue weighted by Gasteiger charge is 2.16. The monoisotopic (exact) mass is 210 g/mol. The maximum Gasteiger partial charge on any atom is 0.275 e. The third kappa shape index (κ3) is 2.69. The normalized spacial score (nSPS) is 9.40. The van der Waals surface area contributed by atoms with Crippen molar-refractivity contribution >= 4 is 11.8 Å². The standard InChI is InChI=1S/C9H7FN2O3/c10-8-2-1-3-9(12(14)15)7(8)4-5-11-6-13/h1-3H,4-5H2. The summed E-state index contributed by atoms with van der Waals surface area (Å²) in [5, 5.41) is 10.5. The van der Waals surface area contributed by atoms with Crippen LogP contribution in [0.25, 0.3) is 0 Å². The van der Waals surface area contributed by atoms with E-state index in [1.807, 2.05) is 0 Å². The molecule has 0 aliphatic heterocycles. The number of aliphatic imine (C=N–C) groups is 1. The van der Waals surface area contributed by atoms with Gasteiger partial charge in [0.1, 0.15) is 5.82 Å². The molecule has 0 N–H and O–H groups in total. The van der Waals surface area contributed by atoms with Crippen LogP contribution in [0.2, 0.25) is 0 Å². The fourth-order valence-corrected chi connectivity index (χ4v) is 1.18. The molecule has 15 heavy (non-hydrogen) atoms. The lowest BCUT2D eigenvalue weighted by atomic mass is 10.1. The Balaban J connectivity index is 3.01. The number of hydrogen-bond acceptors (Lipinski definition) is 4. The molecule has 0 atom stereocenters. The Bertz CT molecular complexity index is 427. The van der Waals surface area contributed by atoms with Gasteiger partial charge in [0.15, 0.2) is 0 Å². The van der Waals surface area contributed by atoms with Gasteiger partial charge in [-0.1, -0.05) is 6.07 Å². The Kier molecular flexibility index (Phi) is 3.65. The highest BCUT2D eigenvalue weighted by atomic mass is 19.1. The Morgan fingerprint density at radius 3 is 2.87 bits per heavy atom. The van der Waals surface area contributed by atoms with Crippen LogP contribution in [-0.4, -0.2) is 17.5 Å². The molecule has 5 nitrogen and oxygen atoms in total. The molecule has 0 aromatic heterocycles. The maximum atomic E-state index is 13.2. The van der Waals surface area contributed by atoms with Gasteiger partial charge in [-0.15, -0.1) is 0 Å². The van der Waals surface area contributed by atoms with E-state index in [9.17, 15) is 19.3 Å². The first-order chi connectivity index (χ1) is 7.16.